The Kier molecular flexibility index (Phi) is 10.9. The number of methoxy groups -OCH3 is 1. The van der Waals surface area contributed by atoms with Crippen LogP contribution in [0.1, 0.15) is 106 Å². The molecule has 1 aromatic carbocycles. The molecule has 0 radical (unpaired) electrons. The van der Waals surface area contributed by atoms with Crippen LogP contribution in [0, 0.1) is 22.2 Å². The van der Waals surface area contributed by atoms with Gasteiger partial charge >= 0.3 is 0 Å². The normalized spacial score (nSPS) is 27.0. The Hall–Kier alpha value is -3.67. The molecule has 0 saturated heterocycles. The molecule has 1 aromatic rings. The van der Waals surface area contributed by atoms with Gasteiger partial charge in [-0.05, 0) is 123 Å². The molecule has 0 aromatic heterocycles. The predicted octanol–water partition coefficient (Wildman–Crippen LogP) is 9.21. The Morgan fingerprint density at radius 1 is 0.867 bits per heavy atom. The summed E-state index contributed by atoms with van der Waals surface area (Å²) in [6.07, 6.45) is 10.6. The highest BCUT2D eigenvalue weighted by molar-refractivity contribution is 6.41. The van der Waals surface area contributed by atoms with Crippen LogP contribution in [-0.2, 0) is 14.4 Å². The van der Waals surface area contributed by atoms with Crippen molar-refractivity contribution < 1.29 is 29.3 Å². The van der Waals surface area contributed by atoms with Crippen LogP contribution in [0.2, 0.25) is 0 Å². The Labute approximate surface area is 269 Å². The number of allylic oxidation sites excluding steroid dienone is 9. The number of ketones is 3. The molecule has 2 saturated carbocycles. The number of aromatic hydroxyl groups is 1. The van der Waals surface area contributed by atoms with E-state index < -0.39 is 33.6 Å². The van der Waals surface area contributed by atoms with E-state index in [9.17, 15) is 15.0 Å². The maximum absolute atomic E-state index is 15.2. The first-order valence-electron chi connectivity index (χ1n) is 16.0. The standard InChI is InChI=1S/C39H52O6/c1-24(2)12-11-19-37(9)29(15-13-25(3)4)23-38(20-17-26(5)6)34(42)32(33(41)28-14-16-31(45-10)30(40)22-28)35(43)39(37,36(38)44)21-18-27(7)8/h12-14,16-18,22,29,40-41H,11,15,19-21,23H2,1-10H3/b33-32+/t29-,37+,38-,39+/m1/s1. The first-order chi connectivity index (χ1) is 21.0. The van der Waals surface area contributed by atoms with Gasteiger partial charge in [-0.15, -0.1) is 0 Å². The van der Waals surface area contributed by atoms with Crippen LogP contribution in [0.15, 0.2) is 70.4 Å². The lowest BCUT2D eigenvalue weighted by Crippen LogP contribution is -2.70. The summed E-state index contributed by atoms with van der Waals surface area (Å²) < 4.78 is 5.17. The summed E-state index contributed by atoms with van der Waals surface area (Å²) >= 11 is 0. The lowest BCUT2D eigenvalue weighted by atomic mass is 9.37. The van der Waals surface area contributed by atoms with Crippen LogP contribution in [-0.4, -0.2) is 34.7 Å². The van der Waals surface area contributed by atoms with Gasteiger partial charge in [0.25, 0.3) is 0 Å². The van der Waals surface area contributed by atoms with E-state index in [2.05, 4.69) is 19.1 Å². The first-order valence-corrected chi connectivity index (χ1v) is 16.0. The van der Waals surface area contributed by atoms with Crippen LogP contribution in [0.5, 0.6) is 11.5 Å². The molecule has 0 unspecified atom stereocenters. The molecule has 45 heavy (non-hydrogen) atoms. The Bertz CT molecular complexity index is 1500. The Balaban J connectivity index is 2.51. The number of fused-ring (bicyclic) bond motifs is 2. The molecule has 0 amide bonds. The molecule has 244 valence electrons. The third-order valence-corrected chi connectivity index (χ3v) is 9.96. The van der Waals surface area contributed by atoms with Crippen molar-refractivity contribution in [2.45, 2.75) is 101 Å². The van der Waals surface area contributed by atoms with Crippen molar-refractivity contribution in [2.75, 3.05) is 7.11 Å². The summed E-state index contributed by atoms with van der Waals surface area (Å²) in [5.41, 5.74) is 0.0455. The van der Waals surface area contributed by atoms with Gasteiger partial charge in [-0.3, -0.25) is 14.4 Å². The highest BCUT2D eigenvalue weighted by Crippen LogP contribution is 2.67. The van der Waals surface area contributed by atoms with Gasteiger partial charge < -0.3 is 14.9 Å². The second-order valence-electron chi connectivity index (χ2n) is 14.2. The van der Waals surface area contributed by atoms with Crippen molar-refractivity contribution in [1.82, 2.24) is 0 Å². The number of carbonyl (C=O) groups excluding carboxylic acids is 3. The van der Waals surface area contributed by atoms with Crippen LogP contribution in [0.25, 0.3) is 5.76 Å². The van der Waals surface area contributed by atoms with E-state index >= 15 is 9.59 Å². The Morgan fingerprint density at radius 3 is 1.98 bits per heavy atom. The lowest BCUT2D eigenvalue weighted by molar-refractivity contribution is -0.178. The fourth-order valence-electron chi connectivity index (χ4n) is 7.29. The molecule has 6 heteroatoms. The van der Waals surface area contributed by atoms with Gasteiger partial charge in [0.2, 0.25) is 0 Å². The minimum absolute atomic E-state index is 0.111. The third kappa shape index (κ3) is 6.52. The molecule has 0 spiro atoms. The smallest absolute Gasteiger partial charge is 0.184 e. The summed E-state index contributed by atoms with van der Waals surface area (Å²) in [4.78, 5) is 45.2. The number of ether oxygens (including phenoxy) is 1. The quantitative estimate of drug-likeness (QED) is 0.0845. The lowest BCUT2D eigenvalue weighted by Gasteiger charge is -2.61. The van der Waals surface area contributed by atoms with Gasteiger partial charge in [0.1, 0.15) is 16.7 Å². The van der Waals surface area contributed by atoms with Crippen LogP contribution in [0.4, 0.5) is 0 Å². The maximum Gasteiger partial charge on any atom is 0.184 e. The van der Waals surface area contributed by atoms with E-state index in [0.29, 0.717) is 19.3 Å². The van der Waals surface area contributed by atoms with Crippen molar-refractivity contribution >= 4 is 23.1 Å². The van der Waals surface area contributed by atoms with E-state index in [-0.39, 0.29) is 53.6 Å². The number of hydrogen-bond donors (Lipinski definition) is 2. The maximum atomic E-state index is 15.2. The molecule has 3 rings (SSSR count). The summed E-state index contributed by atoms with van der Waals surface area (Å²) in [5.74, 6) is -2.30. The highest BCUT2D eigenvalue weighted by atomic mass is 16.5. The average Bonchev–Trinajstić information content (AvgIpc) is 2.95. The van der Waals surface area contributed by atoms with Gasteiger partial charge in [-0.2, -0.15) is 0 Å². The first kappa shape index (κ1) is 35.8. The Morgan fingerprint density at radius 2 is 1.44 bits per heavy atom. The fraction of sp³-hybridized carbons (Fsp3) is 0.513. The number of phenols is 1. The number of phenolic OH excluding ortho intramolecular Hbond substituents is 1. The van der Waals surface area contributed by atoms with Crippen LogP contribution >= 0.6 is 0 Å². The van der Waals surface area contributed by atoms with Gasteiger partial charge in [-0.1, -0.05) is 53.5 Å². The SMILES string of the molecule is COc1ccc(/C(O)=C2/C(=O)[C@@]3(CC=C(C)C)C[C@@H](CC=C(C)C)[C@](C)(CCC=C(C)C)[C@@](CC=C(C)C)(C2=O)C3=O)cc1O. The average molecular weight is 617 g/mol. The van der Waals surface area contributed by atoms with Crippen molar-refractivity contribution in [3.63, 3.8) is 0 Å². The molecule has 4 atom stereocenters. The second kappa shape index (κ2) is 13.8. The van der Waals surface area contributed by atoms with Crippen molar-refractivity contribution in [2.24, 2.45) is 22.2 Å². The minimum atomic E-state index is -1.58. The number of rotatable bonds is 11. The van der Waals surface area contributed by atoms with E-state index in [0.717, 1.165) is 22.3 Å². The molecular formula is C39H52O6. The number of hydrogen-bond acceptors (Lipinski definition) is 6. The second-order valence-corrected chi connectivity index (χ2v) is 14.2. The number of aliphatic hydroxyl groups excluding tert-OH is 1. The molecule has 2 aliphatic carbocycles. The number of aliphatic hydroxyl groups is 1. The van der Waals surface area contributed by atoms with Gasteiger partial charge in [0.15, 0.2) is 28.8 Å². The zero-order valence-corrected chi connectivity index (χ0v) is 28.9. The summed E-state index contributed by atoms with van der Waals surface area (Å²) in [6.45, 7) is 17.9. The zero-order chi connectivity index (χ0) is 33.9. The van der Waals surface area contributed by atoms with E-state index in [4.69, 9.17) is 4.74 Å². The van der Waals surface area contributed by atoms with Crippen molar-refractivity contribution in [1.29, 1.82) is 0 Å². The van der Waals surface area contributed by atoms with Crippen molar-refractivity contribution in [3.8, 4) is 11.5 Å². The van der Waals surface area contributed by atoms with Gasteiger partial charge in [0.05, 0.1) is 12.5 Å². The molecule has 2 aliphatic rings. The van der Waals surface area contributed by atoms with Crippen molar-refractivity contribution in [3.05, 3.63) is 75.9 Å². The molecule has 2 bridgehead atoms. The van der Waals surface area contributed by atoms with E-state index in [1.165, 1.54) is 25.3 Å². The topological polar surface area (TPSA) is 101 Å². The zero-order valence-electron chi connectivity index (χ0n) is 28.9. The van der Waals surface area contributed by atoms with Gasteiger partial charge in [-0.25, -0.2) is 0 Å². The highest BCUT2D eigenvalue weighted by Gasteiger charge is 2.74. The molecule has 2 N–H and O–H groups in total. The van der Waals surface area contributed by atoms with Crippen LogP contribution < -0.4 is 4.74 Å². The molecule has 2 fully saturated rings. The molecule has 6 nitrogen and oxygen atoms in total. The number of Topliss-reactive ketones (excluding diaryl/α,β-unsaturated/α-hetero) is 3. The summed E-state index contributed by atoms with van der Waals surface area (Å²) in [7, 11) is 1.41. The minimum Gasteiger partial charge on any atom is -0.506 e. The predicted molar refractivity (Wildman–Crippen MR) is 181 cm³/mol. The summed E-state index contributed by atoms with van der Waals surface area (Å²) in [6, 6.07) is 4.26. The third-order valence-electron chi connectivity index (χ3n) is 9.96. The number of carbonyl (C=O) groups is 3. The number of benzene rings is 1. The van der Waals surface area contributed by atoms with E-state index in [1.807, 2.05) is 67.5 Å². The van der Waals surface area contributed by atoms with Crippen LogP contribution in [0.3, 0.4) is 0 Å². The van der Waals surface area contributed by atoms with E-state index in [1.54, 1.807) is 0 Å². The largest absolute Gasteiger partial charge is 0.506 e. The molecule has 0 aliphatic heterocycles. The fourth-order valence-corrected chi connectivity index (χ4v) is 7.29. The molecule has 0 heterocycles. The molecular weight excluding hydrogens is 564 g/mol. The summed E-state index contributed by atoms with van der Waals surface area (Å²) in [5, 5.41) is 22.3. The monoisotopic (exact) mass is 616 g/mol. The van der Waals surface area contributed by atoms with Gasteiger partial charge in [0, 0.05) is 5.56 Å².